The average Bonchev–Trinajstić information content (AvgIpc) is 3.14. The lowest BCUT2D eigenvalue weighted by molar-refractivity contribution is 0.0994. The molecule has 0 atom stereocenters. The summed E-state index contributed by atoms with van der Waals surface area (Å²) in [5.41, 5.74) is 3.11. The second kappa shape index (κ2) is 6.25. The summed E-state index contributed by atoms with van der Waals surface area (Å²) >= 11 is 0. The van der Waals surface area contributed by atoms with E-state index >= 15 is 0 Å². The number of carbonyl (C=O) groups is 1. The molecule has 7 nitrogen and oxygen atoms in total. The van der Waals surface area contributed by atoms with Crippen LogP contribution in [-0.2, 0) is 6.54 Å². The highest BCUT2D eigenvalue weighted by molar-refractivity contribution is 6.12. The predicted molar refractivity (Wildman–Crippen MR) is 101 cm³/mol. The Morgan fingerprint density at radius 2 is 1.92 bits per heavy atom. The van der Waals surface area contributed by atoms with Crippen LogP contribution >= 0.6 is 0 Å². The molecule has 0 saturated carbocycles. The molecule has 4 rings (SSSR count). The van der Waals surface area contributed by atoms with E-state index in [2.05, 4.69) is 10.1 Å². The van der Waals surface area contributed by atoms with Crippen molar-refractivity contribution in [2.75, 3.05) is 23.4 Å². The Kier molecular flexibility index (Phi) is 3.91. The summed E-state index contributed by atoms with van der Waals surface area (Å²) in [5, 5.41) is 4.33. The number of pyridine rings is 2. The molecule has 0 radical (unpaired) electrons. The van der Waals surface area contributed by atoms with Crippen molar-refractivity contribution in [2.45, 2.75) is 20.4 Å². The van der Waals surface area contributed by atoms with E-state index in [0.717, 1.165) is 29.3 Å². The van der Waals surface area contributed by atoms with Crippen LogP contribution in [0.2, 0.25) is 0 Å². The molecule has 3 aromatic heterocycles. The van der Waals surface area contributed by atoms with E-state index < -0.39 is 0 Å². The van der Waals surface area contributed by atoms with E-state index in [4.69, 9.17) is 4.98 Å². The van der Waals surface area contributed by atoms with Gasteiger partial charge in [-0.15, -0.1) is 0 Å². The van der Waals surface area contributed by atoms with E-state index in [1.165, 1.54) is 0 Å². The predicted octanol–water partition coefficient (Wildman–Crippen LogP) is 3.11. The first kappa shape index (κ1) is 16.3. The Hall–Kier alpha value is -3.22. The summed E-state index contributed by atoms with van der Waals surface area (Å²) in [4.78, 5) is 25.8. The van der Waals surface area contributed by atoms with Gasteiger partial charge in [-0.05, 0) is 38.1 Å². The van der Waals surface area contributed by atoms with Gasteiger partial charge in [-0.25, -0.2) is 9.97 Å². The van der Waals surface area contributed by atoms with E-state index in [-0.39, 0.29) is 5.91 Å². The van der Waals surface area contributed by atoms with Crippen LogP contribution in [0.5, 0.6) is 0 Å². The molecule has 0 N–H and O–H groups in total. The van der Waals surface area contributed by atoms with Crippen LogP contribution in [0.25, 0.3) is 11.3 Å². The van der Waals surface area contributed by atoms with Crippen LogP contribution in [-0.4, -0.2) is 39.2 Å². The number of fused-ring (bicyclic) bond motifs is 2. The first-order valence-electron chi connectivity index (χ1n) is 8.68. The molecule has 26 heavy (non-hydrogen) atoms. The lowest BCUT2D eigenvalue weighted by Crippen LogP contribution is -2.25. The van der Waals surface area contributed by atoms with Gasteiger partial charge in [0.1, 0.15) is 5.82 Å². The maximum atomic E-state index is 12.9. The largest absolute Gasteiger partial charge is 0.309 e. The lowest BCUT2D eigenvalue weighted by Gasteiger charge is -2.23. The van der Waals surface area contributed by atoms with Crippen molar-refractivity contribution in [2.24, 2.45) is 0 Å². The van der Waals surface area contributed by atoms with Crippen LogP contribution in [0.1, 0.15) is 24.2 Å². The van der Waals surface area contributed by atoms with Crippen molar-refractivity contribution in [1.29, 1.82) is 0 Å². The molecule has 1 aliphatic heterocycles. The van der Waals surface area contributed by atoms with Gasteiger partial charge in [0.05, 0.1) is 23.1 Å². The SMILES string of the molecule is CCN1c2ncccc2C(=O)N(C)c2ccc(-c3cnn(CC)c3)nc21. The average molecular weight is 348 g/mol. The molecule has 0 aliphatic carbocycles. The third kappa shape index (κ3) is 2.44. The van der Waals surface area contributed by atoms with Crippen molar-refractivity contribution < 1.29 is 4.79 Å². The number of anilines is 3. The number of aryl methyl sites for hydroxylation is 1. The highest BCUT2D eigenvalue weighted by Crippen LogP contribution is 2.38. The molecular formula is C19H20N6O. The van der Waals surface area contributed by atoms with Gasteiger partial charge >= 0.3 is 0 Å². The third-order valence-electron chi connectivity index (χ3n) is 4.62. The van der Waals surface area contributed by atoms with Gasteiger partial charge in [-0.1, -0.05) is 0 Å². The van der Waals surface area contributed by atoms with Gasteiger partial charge in [0, 0.05) is 38.1 Å². The molecule has 132 valence electrons. The van der Waals surface area contributed by atoms with Crippen LogP contribution < -0.4 is 9.80 Å². The zero-order valence-electron chi connectivity index (χ0n) is 15.0. The minimum absolute atomic E-state index is 0.0846. The number of aromatic nitrogens is 4. The van der Waals surface area contributed by atoms with Crippen molar-refractivity contribution in [1.82, 2.24) is 19.7 Å². The number of amides is 1. The summed E-state index contributed by atoms with van der Waals surface area (Å²) in [6, 6.07) is 7.46. The van der Waals surface area contributed by atoms with Crippen molar-refractivity contribution in [3.05, 3.63) is 48.4 Å². The fourth-order valence-corrected chi connectivity index (χ4v) is 3.20. The fourth-order valence-electron chi connectivity index (χ4n) is 3.20. The second-order valence-electron chi connectivity index (χ2n) is 6.11. The second-order valence-corrected chi connectivity index (χ2v) is 6.11. The van der Waals surface area contributed by atoms with Gasteiger partial charge in [-0.2, -0.15) is 5.10 Å². The van der Waals surface area contributed by atoms with Gasteiger partial charge in [0.25, 0.3) is 5.91 Å². The van der Waals surface area contributed by atoms with Gasteiger partial charge in [-0.3, -0.25) is 9.48 Å². The monoisotopic (exact) mass is 348 g/mol. The smallest absolute Gasteiger partial charge is 0.261 e. The molecule has 0 aromatic carbocycles. The molecular weight excluding hydrogens is 328 g/mol. The topological polar surface area (TPSA) is 67.2 Å². The Bertz CT molecular complexity index is 980. The summed E-state index contributed by atoms with van der Waals surface area (Å²) in [5.74, 6) is 1.28. The molecule has 7 heteroatoms. The van der Waals surface area contributed by atoms with E-state index in [0.29, 0.717) is 17.9 Å². The van der Waals surface area contributed by atoms with Crippen LogP contribution in [0.4, 0.5) is 17.3 Å². The zero-order valence-corrected chi connectivity index (χ0v) is 15.0. The summed E-state index contributed by atoms with van der Waals surface area (Å²) in [6.45, 7) is 5.54. The maximum absolute atomic E-state index is 12.9. The number of rotatable bonds is 3. The molecule has 1 amide bonds. The van der Waals surface area contributed by atoms with Gasteiger partial charge in [0.15, 0.2) is 5.82 Å². The zero-order chi connectivity index (χ0) is 18.3. The molecule has 0 spiro atoms. The first-order chi connectivity index (χ1) is 12.6. The van der Waals surface area contributed by atoms with Crippen LogP contribution in [0, 0.1) is 0 Å². The molecule has 0 unspecified atom stereocenters. The Morgan fingerprint density at radius 3 is 2.65 bits per heavy atom. The summed E-state index contributed by atoms with van der Waals surface area (Å²) in [6.07, 6.45) is 5.49. The molecule has 4 heterocycles. The summed E-state index contributed by atoms with van der Waals surface area (Å²) in [7, 11) is 1.77. The highest BCUT2D eigenvalue weighted by Gasteiger charge is 2.30. The molecule has 0 bridgehead atoms. The maximum Gasteiger partial charge on any atom is 0.261 e. The third-order valence-corrected chi connectivity index (χ3v) is 4.62. The number of nitrogens with zero attached hydrogens (tertiary/aromatic N) is 6. The number of carbonyl (C=O) groups excluding carboxylic acids is 1. The normalized spacial score (nSPS) is 13.4. The van der Waals surface area contributed by atoms with E-state index in [1.54, 1.807) is 24.2 Å². The number of hydrogen-bond donors (Lipinski definition) is 0. The van der Waals surface area contributed by atoms with Crippen molar-refractivity contribution in [3.63, 3.8) is 0 Å². The quantitative estimate of drug-likeness (QED) is 0.727. The first-order valence-corrected chi connectivity index (χ1v) is 8.68. The van der Waals surface area contributed by atoms with E-state index in [9.17, 15) is 4.79 Å². The standard InChI is InChI=1S/C19H20N6O/c1-4-24-12-13(11-21-24)15-8-9-16-18(22-15)25(5-2)17-14(7-6-10-20-17)19(26)23(16)3/h6-12H,4-5H2,1-3H3. The summed E-state index contributed by atoms with van der Waals surface area (Å²) < 4.78 is 1.87. The van der Waals surface area contributed by atoms with Crippen LogP contribution in [0.3, 0.4) is 0 Å². The minimum atomic E-state index is -0.0846. The Balaban J connectivity index is 1.91. The molecule has 1 aliphatic rings. The van der Waals surface area contributed by atoms with Crippen LogP contribution in [0.15, 0.2) is 42.9 Å². The fraction of sp³-hybridized carbons (Fsp3) is 0.263. The number of hydrogen-bond acceptors (Lipinski definition) is 5. The van der Waals surface area contributed by atoms with Crippen molar-refractivity contribution >= 4 is 23.2 Å². The Labute approximate surface area is 151 Å². The lowest BCUT2D eigenvalue weighted by atomic mass is 10.2. The molecule has 0 saturated heterocycles. The molecule has 3 aromatic rings. The van der Waals surface area contributed by atoms with Gasteiger partial charge < -0.3 is 9.80 Å². The highest BCUT2D eigenvalue weighted by atomic mass is 16.2. The molecule has 0 fully saturated rings. The van der Waals surface area contributed by atoms with E-state index in [1.807, 2.05) is 54.0 Å². The van der Waals surface area contributed by atoms with Crippen molar-refractivity contribution in [3.8, 4) is 11.3 Å². The van der Waals surface area contributed by atoms with Gasteiger partial charge in [0.2, 0.25) is 0 Å². The Morgan fingerprint density at radius 1 is 1.08 bits per heavy atom. The minimum Gasteiger partial charge on any atom is -0.309 e.